The number of hydrogen-bond acceptors (Lipinski definition) is 5. The van der Waals surface area contributed by atoms with E-state index in [0.717, 1.165) is 19.8 Å². The van der Waals surface area contributed by atoms with Gasteiger partial charge in [-0.25, -0.2) is 0 Å². The molecule has 0 radical (unpaired) electrons. The predicted octanol–water partition coefficient (Wildman–Crippen LogP) is -0.220. The van der Waals surface area contributed by atoms with E-state index in [2.05, 4.69) is 6.92 Å². The zero-order chi connectivity index (χ0) is 12.1. The zero-order valence-electron chi connectivity index (χ0n) is 9.85. The molecule has 0 bridgehead atoms. The molecule has 1 aliphatic heterocycles. The molecule has 15 heavy (non-hydrogen) atoms. The summed E-state index contributed by atoms with van der Waals surface area (Å²) in [5, 5.41) is 24.0. The van der Waals surface area contributed by atoms with Gasteiger partial charge in [-0.1, -0.05) is 0 Å². The van der Waals surface area contributed by atoms with Crippen LogP contribution >= 0.6 is 0 Å². The van der Waals surface area contributed by atoms with Gasteiger partial charge in [0.1, 0.15) is 6.10 Å². The summed E-state index contributed by atoms with van der Waals surface area (Å²) < 4.78 is 9.54. The van der Waals surface area contributed by atoms with Crippen LogP contribution in [0.15, 0.2) is 0 Å². The van der Waals surface area contributed by atoms with Crippen molar-refractivity contribution in [2.45, 2.75) is 33.0 Å². The van der Waals surface area contributed by atoms with Crippen LogP contribution < -0.4 is 0 Å². The molecular formula is C10H24O5. The Morgan fingerprint density at radius 2 is 1.60 bits per heavy atom. The topological polar surface area (TPSA) is 82.5 Å². The molecule has 0 aromatic carbocycles. The number of epoxide rings is 1. The summed E-state index contributed by atoms with van der Waals surface area (Å²) in [5.74, 6) is 0. The first kappa shape index (κ1) is 17.2. The molecule has 0 aliphatic carbocycles. The molecule has 0 saturated carbocycles. The first-order chi connectivity index (χ1) is 7.12. The standard InChI is InChI=1S/C4H10O.C3H8O3.C3H6O/c1-3-5-4-2;4-1-3(6)2-5;1-3-2-4-3/h3-4H2,1-2H3;3-6H,1-2H2;3H,2H2,1H3. The minimum atomic E-state index is -0.954. The summed E-state index contributed by atoms with van der Waals surface area (Å²) >= 11 is 0. The molecule has 0 aromatic rings. The van der Waals surface area contributed by atoms with Crippen LogP contribution in [0.25, 0.3) is 0 Å². The van der Waals surface area contributed by atoms with Gasteiger partial charge in [-0.3, -0.25) is 0 Å². The van der Waals surface area contributed by atoms with Gasteiger partial charge in [0.05, 0.1) is 25.9 Å². The predicted molar refractivity (Wildman–Crippen MR) is 57.8 cm³/mol. The normalized spacial score (nSPS) is 17.4. The van der Waals surface area contributed by atoms with E-state index in [1.54, 1.807) is 0 Å². The molecule has 94 valence electrons. The lowest BCUT2D eigenvalue weighted by Gasteiger charge is -1.96. The van der Waals surface area contributed by atoms with Crippen LogP contribution in [0, 0.1) is 0 Å². The molecule has 1 atom stereocenters. The number of aliphatic hydroxyl groups excluding tert-OH is 3. The van der Waals surface area contributed by atoms with Crippen molar-refractivity contribution in [3.63, 3.8) is 0 Å². The molecule has 0 amide bonds. The second kappa shape index (κ2) is 13.8. The summed E-state index contributed by atoms with van der Waals surface area (Å²) in [6.07, 6.45) is -0.370. The minimum Gasteiger partial charge on any atom is -0.394 e. The molecular weight excluding hydrogens is 200 g/mol. The van der Waals surface area contributed by atoms with E-state index >= 15 is 0 Å². The SMILES string of the molecule is CC1CO1.CCOCC.OCC(O)CO. The third-order valence-electron chi connectivity index (χ3n) is 1.33. The quantitative estimate of drug-likeness (QED) is 0.575. The third-order valence-corrected chi connectivity index (χ3v) is 1.33. The highest BCUT2D eigenvalue weighted by atomic mass is 16.6. The van der Waals surface area contributed by atoms with Crippen LogP contribution in [0.4, 0.5) is 0 Å². The second-order valence-corrected chi connectivity index (χ2v) is 2.94. The molecule has 1 unspecified atom stereocenters. The number of ether oxygens (including phenoxy) is 2. The van der Waals surface area contributed by atoms with E-state index in [0.29, 0.717) is 6.10 Å². The molecule has 1 rings (SSSR count). The van der Waals surface area contributed by atoms with Crippen molar-refractivity contribution in [1.82, 2.24) is 0 Å². The largest absolute Gasteiger partial charge is 0.394 e. The van der Waals surface area contributed by atoms with E-state index in [1.165, 1.54) is 0 Å². The van der Waals surface area contributed by atoms with Crippen molar-refractivity contribution >= 4 is 0 Å². The Morgan fingerprint density at radius 1 is 1.27 bits per heavy atom. The van der Waals surface area contributed by atoms with Gasteiger partial charge >= 0.3 is 0 Å². The second-order valence-electron chi connectivity index (χ2n) is 2.94. The Labute approximate surface area is 91.6 Å². The van der Waals surface area contributed by atoms with Gasteiger partial charge in [-0.2, -0.15) is 0 Å². The highest BCUT2D eigenvalue weighted by Crippen LogP contribution is 2.04. The Kier molecular flexibility index (Phi) is 15.8. The van der Waals surface area contributed by atoms with Crippen LogP contribution in [0.2, 0.25) is 0 Å². The van der Waals surface area contributed by atoms with Crippen molar-refractivity contribution < 1.29 is 24.8 Å². The van der Waals surface area contributed by atoms with Crippen LogP contribution in [-0.2, 0) is 9.47 Å². The summed E-state index contributed by atoms with van der Waals surface area (Å²) in [5.41, 5.74) is 0. The van der Waals surface area contributed by atoms with Crippen molar-refractivity contribution in [3.05, 3.63) is 0 Å². The fourth-order valence-corrected chi connectivity index (χ4v) is 0.358. The first-order valence-corrected chi connectivity index (χ1v) is 5.21. The molecule has 3 N–H and O–H groups in total. The number of hydrogen-bond donors (Lipinski definition) is 3. The van der Waals surface area contributed by atoms with Crippen LogP contribution in [0.1, 0.15) is 20.8 Å². The molecule has 0 spiro atoms. The lowest BCUT2D eigenvalue weighted by molar-refractivity contribution is 0.0450. The van der Waals surface area contributed by atoms with Crippen molar-refractivity contribution in [3.8, 4) is 0 Å². The van der Waals surface area contributed by atoms with Crippen molar-refractivity contribution in [2.75, 3.05) is 33.0 Å². The third kappa shape index (κ3) is 24.8. The van der Waals surface area contributed by atoms with Crippen LogP contribution in [0.5, 0.6) is 0 Å². The molecule has 1 fully saturated rings. The number of aliphatic hydroxyl groups is 3. The van der Waals surface area contributed by atoms with Gasteiger partial charge in [-0.15, -0.1) is 0 Å². The van der Waals surface area contributed by atoms with Crippen LogP contribution in [-0.4, -0.2) is 60.6 Å². The van der Waals surface area contributed by atoms with Gasteiger partial charge < -0.3 is 24.8 Å². The molecule has 1 saturated heterocycles. The Bertz CT molecular complexity index is 100.0. The zero-order valence-corrected chi connectivity index (χ0v) is 9.85. The van der Waals surface area contributed by atoms with Gasteiger partial charge in [-0.05, 0) is 20.8 Å². The number of rotatable bonds is 4. The lowest BCUT2D eigenvalue weighted by Crippen LogP contribution is -2.15. The highest BCUT2D eigenvalue weighted by Gasteiger charge is 2.13. The van der Waals surface area contributed by atoms with Gasteiger partial charge in [0.2, 0.25) is 0 Å². The fourth-order valence-electron chi connectivity index (χ4n) is 0.358. The maximum absolute atomic E-state index is 8.17. The summed E-state index contributed by atoms with van der Waals surface area (Å²) in [6.45, 7) is 7.98. The average Bonchev–Trinajstić information content (AvgIpc) is 3.02. The highest BCUT2D eigenvalue weighted by molar-refractivity contribution is 4.58. The van der Waals surface area contributed by atoms with E-state index in [-0.39, 0.29) is 13.2 Å². The van der Waals surface area contributed by atoms with Crippen molar-refractivity contribution in [1.29, 1.82) is 0 Å². The van der Waals surface area contributed by atoms with Gasteiger partial charge in [0, 0.05) is 13.2 Å². The fraction of sp³-hybridized carbons (Fsp3) is 1.00. The minimum absolute atomic E-state index is 0.365. The summed E-state index contributed by atoms with van der Waals surface area (Å²) in [6, 6.07) is 0. The van der Waals surface area contributed by atoms with E-state index in [4.69, 9.17) is 24.8 Å². The van der Waals surface area contributed by atoms with Crippen LogP contribution in [0.3, 0.4) is 0 Å². The maximum Gasteiger partial charge on any atom is 0.100 e. The van der Waals surface area contributed by atoms with E-state index in [9.17, 15) is 0 Å². The average molecular weight is 224 g/mol. The first-order valence-electron chi connectivity index (χ1n) is 5.21. The molecule has 5 heteroatoms. The smallest absolute Gasteiger partial charge is 0.100 e. The Hall–Kier alpha value is -0.200. The van der Waals surface area contributed by atoms with Crippen molar-refractivity contribution in [2.24, 2.45) is 0 Å². The molecule has 1 heterocycles. The molecule has 5 nitrogen and oxygen atoms in total. The summed E-state index contributed by atoms with van der Waals surface area (Å²) in [7, 11) is 0. The monoisotopic (exact) mass is 224 g/mol. The molecule has 1 aliphatic rings. The van der Waals surface area contributed by atoms with E-state index < -0.39 is 6.10 Å². The lowest BCUT2D eigenvalue weighted by atomic mass is 10.4. The molecule has 0 aromatic heterocycles. The maximum atomic E-state index is 8.17. The van der Waals surface area contributed by atoms with E-state index in [1.807, 2.05) is 13.8 Å². The van der Waals surface area contributed by atoms with Gasteiger partial charge in [0.15, 0.2) is 0 Å². The summed E-state index contributed by atoms with van der Waals surface area (Å²) in [4.78, 5) is 0. The Morgan fingerprint density at radius 3 is 1.60 bits per heavy atom. The van der Waals surface area contributed by atoms with Gasteiger partial charge in [0.25, 0.3) is 0 Å². The Balaban J connectivity index is 0.